The minimum Gasteiger partial charge on any atom is -0.303 e. The summed E-state index contributed by atoms with van der Waals surface area (Å²) in [5.74, 6) is 0.820. The molecule has 3 nitrogen and oxygen atoms in total. The quantitative estimate of drug-likeness (QED) is 0.596. The Labute approximate surface area is 142 Å². The van der Waals surface area contributed by atoms with Gasteiger partial charge in [0, 0.05) is 23.0 Å². The van der Waals surface area contributed by atoms with Gasteiger partial charge in [-0.05, 0) is 39.0 Å². The maximum atomic E-state index is 12.3. The van der Waals surface area contributed by atoms with Gasteiger partial charge in [0.1, 0.15) is 5.84 Å². The van der Waals surface area contributed by atoms with E-state index in [1.807, 2.05) is 50.3 Å². The zero-order chi connectivity index (χ0) is 17.1. The van der Waals surface area contributed by atoms with Gasteiger partial charge in [-0.3, -0.25) is 4.79 Å². The monoisotopic (exact) mass is 316 g/mol. The van der Waals surface area contributed by atoms with E-state index in [2.05, 4.69) is 41.1 Å². The molecule has 1 aliphatic rings. The highest BCUT2D eigenvalue weighted by Crippen LogP contribution is 2.25. The van der Waals surface area contributed by atoms with Gasteiger partial charge in [-0.25, -0.2) is 4.99 Å². The summed E-state index contributed by atoms with van der Waals surface area (Å²) in [6.45, 7) is 6.05. The molecule has 0 spiro atoms. The van der Waals surface area contributed by atoms with E-state index in [0.29, 0.717) is 11.3 Å². The second kappa shape index (κ2) is 6.67. The summed E-state index contributed by atoms with van der Waals surface area (Å²) in [5.41, 5.74) is 4.69. The minimum atomic E-state index is -0.0324. The third kappa shape index (κ3) is 3.35. The maximum Gasteiger partial charge on any atom is 0.187 e. The number of hydrogen-bond acceptors (Lipinski definition) is 3. The maximum absolute atomic E-state index is 12.3. The molecular weight excluding hydrogens is 296 g/mol. The Morgan fingerprint density at radius 2 is 1.62 bits per heavy atom. The molecule has 1 aliphatic heterocycles. The van der Waals surface area contributed by atoms with Crippen molar-refractivity contribution in [1.82, 2.24) is 0 Å². The summed E-state index contributed by atoms with van der Waals surface area (Å²) in [6, 6.07) is 17.6. The van der Waals surface area contributed by atoms with Crippen LogP contribution >= 0.6 is 0 Å². The fourth-order valence-electron chi connectivity index (χ4n) is 2.78. The Balaban J connectivity index is 1.89. The number of allylic oxidation sites excluding steroid dienone is 3. The first kappa shape index (κ1) is 15.9. The lowest BCUT2D eigenvalue weighted by Crippen LogP contribution is -2.29. The van der Waals surface area contributed by atoms with Gasteiger partial charge in [0.05, 0.1) is 5.70 Å². The topological polar surface area (TPSA) is 32.7 Å². The van der Waals surface area contributed by atoms with Gasteiger partial charge in [0.25, 0.3) is 0 Å². The van der Waals surface area contributed by atoms with Crippen LogP contribution in [0.5, 0.6) is 0 Å². The van der Waals surface area contributed by atoms with Crippen LogP contribution in [0.25, 0.3) is 0 Å². The van der Waals surface area contributed by atoms with E-state index in [1.165, 1.54) is 5.56 Å². The molecule has 0 N–H and O–H groups in total. The van der Waals surface area contributed by atoms with Crippen LogP contribution in [0.4, 0.5) is 5.69 Å². The summed E-state index contributed by atoms with van der Waals surface area (Å²) >= 11 is 0. The normalized spacial score (nSPS) is 16.0. The Bertz CT molecular complexity index is 821. The number of nitrogens with zero attached hydrogens (tertiary/aromatic N) is 2. The molecule has 24 heavy (non-hydrogen) atoms. The highest BCUT2D eigenvalue weighted by molar-refractivity contribution is 6.06. The van der Waals surface area contributed by atoms with E-state index < -0.39 is 0 Å². The van der Waals surface area contributed by atoms with Gasteiger partial charge >= 0.3 is 0 Å². The molecule has 0 fully saturated rings. The van der Waals surface area contributed by atoms with E-state index in [0.717, 1.165) is 17.2 Å². The molecule has 3 heteroatoms. The molecule has 2 aromatic rings. The van der Waals surface area contributed by atoms with Gasteiger partial charge in [0.15, 0.2) is 5.78 Å². The number of amidine groups is 1. The van der Waals surface area contributed by atoms with Crippen molar-refractivity contribution in [2.75, 3.05) is 4.90 Å². The van der Waals surface area contributed by atoms with E-state index >= 15 is 0 Å². The molecule has 3 rings (SSSR count). The van der Waals surface area contributed by atoms with Crippen molar-refractivity contribution < 1.29 is 4.79 Å². The molecule has 120 valence electrons. The first-order chi connectivity index (χ1) is 11.5. The van der Waals surface area contributed by atoms with Crippen molar-refractivity contribution >= 4 is 17.3 Å². The van der Waals surface area contributed by atoms with E-state index in [1.54, 1.807) is 6.08 Å². The standard InChI is InChI=1S/C21H20N2O/c1-15-9-11-20(12-10-15)23-16(2)13-19(22-17(23)3)14-21(24)18-7-5-4-6-8-18/h4-14H,1-3H3/b19-14+. The molecule has 0 aliphatic carbocycles. The number of anilines is 1. The van der Waals surface area contributed by atoms with Crippen LogP contribution in [0.3, 0.4) is 0 Å². The zero-order valence-corrected chi connectivity index (χ0v) is 14.2. The Kier molecular flexibility index (Phi) is 4.43. The summed E-state index contributed by atoms with van der Waals surface area (Å²) in [6.07, 6.45) is 3.53. The number of carbonyl (C=O) groups is 1. The minimum absolute atomic E-state index is 0.0324. The molecule has 1 heterocycles. The SMILES string of the molecule is CC1=C/C(=C\C(=O)c2ccccc2)N=C(C)N1c1ccc(C)cc1. The van der Waals surface area contributed by atoms with Crippen LogP contribution in [-0.2, 0) is 0 Å². The first-order valence-electron chi connectivity index (χ1n) is 7.96. The third-order valence-electron chi connectivity index (χ3n) is 3.95. The van der Waals surface area contributed by atoms with Crippen molar-refractivity contribution in [3.8, 4) is 0 Å². The predicted molar refractivity (Wildman–Crippen MR) is 99.4 cm³/mol. The van der Waals surface area contributed by atoms with Gasteiger partial charge in [-0.15, -0.1) is 0 Å². The molecule has 0 saturated carbocycles. The summed E-state index contributed by atoms with van der Waals surface area (Å²) in [4.78, 5) is 19.0. The molecular formula is C21H20N2O. The van der Waals surface area contributed by atoms with E-state index in [4.69, 9.17) is 0 Å². The van der Waals surface area contributed by atoms with Gasteiger partial charge in [-0.1, -0.05) is 48.0 Å². The van der Waals surface area contributed by atoms with Crippen molar-refractivity contribution in [3.63, 3.8) is 0 Å². The molecule has 0 amide bonds. The first-order valence-corrected chi connectivity index (χ1v) is 7.96. The number of hydrogen-bond donors (Lipinski definition) is 0. The molecule has 0 radical (unpaired) electrons. The average Bonchev–Trinajstić information content (AvgIpc) is 2.57. The summed E-state index contributed by atoms with van der Waals surface area (Å²) in [5, 5.41) is 0. The number of ketones is 1. The van der Waals surface area contributed by atoms with Crippen LogP contribution in [0.2, 0.25) is 0 Å². The van der Waals surface area contributed by atoms with Crippen LogP contribution in [-0.4, -0.2) is 11.6 Å². The van der Waals surface area contributed by atoms with Crippen LogP contribution in [0, 0.1) is 6.92 Å². The van der Waals surface area contributed by atoms with Crippen LogP contribution in [0.15, 0.2) is 83.1 Å². The summed E-state index contributed by atoms with van der Waals surface area (Å²) < 4.78 is 0. The fourth-order valence-corrected chi connectivity index (χ4v) is 2.78. The van der Waals surface area contributed by atoms with E-state index in [-0.39, 0.29) is 5.78 Å². The summed E-state index contributed by atoms with van der Waals surface area (Å²) in [7, 11) is 0. The van der Waals surface area contributed by atoms with E-state index in [9.17, 15) is 4.79 Å². The Hall–Kier alpha value is -2.94. The lowest BCUT2D eigenvalue weighted by Gasteiger charge is -2.28. The molecule has 0 aromatic heterocycles. The highest BCUT2D eigenvalue weighted by Gasteiger charge is 2.17. The van der Waals surface area contributed by atoms with Gasteiger partial charge in [0.2, 0.25) is 0 Å². The Morgan fingerprint density at radius 1 is 0.958 bits per heavy atom. The second-order valence-corrected chi connectivity index (χ2v) is 5.92. The largest absolute Gasteiger partial charge is 0.303 e. The predicted octanol–water partition coefficient (Wildman–Crippen LogP) is 4.90. The van der Waals surface area contributed by atoms with Crippen molar-refractivity contribution in [2.45, 2.75) is 20.8 Å². The number of benzene rings is 2. The fraction of sp³-hybridized carbons (Fsp3) is 0.143. The number of aryl methyl sites for hydroxylation is 1. The Morgan fingerprint density at radius 3 is 2.25 bits per heavy atom. The second-order valence-electron chi connectivity index (χ2n) is 5.92. The number of carbonyl (C=O) groups excluding carboxylic acids is 1. The highest BCUT2D eigenvalue weighted by atomic mass is 16.1. The van der Waals surface area contributed by atoms with Crippen molar-refractivity contribution in [3.05, 3.63) is 89.3 Å². The molecule has 0 bridgehead atoms. The molecule has 0 saturated heterocycles. The smallest absolute Gasteiger partial charge is 0.187 e. The van der Waals surface area contributed by atoms with Gasteiger partial charge < -0.3 is 4.90 Å². The van der Waals surface area contributed by atoms with Crippen LogP contribution in [0.1, 0.15) is 29.8 Å². The molecule has 0 unspecified atom stereocenters. The van der Waals surface area contributed by atoms with Gasteiger partial charge in [-0.2, -0.15) is 0 Å². The van der Waals surface area contributed by atoms with Crippen molar-refractivity contribution in [2.24, 2.45) is 4.99 Å². The number of rotatable bonds is 3. The third-order valence-corrected chi connectivity index (χ3v) is 3.95. The number of aliphatic imine (C=N–C) groups is 1. The van der Waals surface area contributed by atoms with Crippen molar-refractivity contribution in [1.29, 1.82) is 0 Å². The molecule has 2 aromatic carbocycles. The molecule has 0 atom stereocenters. The lowest BCUT2D eigenvalue weighted by atomic mass is 10.1. The zero-order valence-electron chi connectivity index (χ0n) is 14.2. The average molecular weight is 316 g/mol. The lowest BCUT2D eigenvalue weighted by molar-refractivity contribution is 0.104. The van der Waals surface area contributed by atoms with Crippen LogP contribution < -0.4 is 4.90 Å².